The number of anilines is 1. The van der Waals surface area contributed by atoms with Crippen molar-refractivity contribution < 1.29 is 8.78 Å². The van der Waals surface area contributed by atoms with Crippen molar-refractivity contribution in [2.75, 3.05) is 11.4 Å². The van der Waals surface area contributed by atoms with Gasteiger partial charge in [0.2, 0.25) is 0 Å². The van der Waals surface area contributed by atoms with Crippen LogP contribution in [0.2, 0.25) is 0 Å². The van der Waals surface area contributed by atoms with Crippen LogP contribution in [0.4, 0.5) is 14.6 Å². The van der Waals surface area contributed by atoms with E-state index < -0.39 is 11.6 Å². The van der Waals surface area contributed by atoms with Gasteiger partial charge in [0.15, 0.2) is 11.6 Å². The molecular formula is C15H17F2N3. The molecule has 3 nitrogen and oxygen atoms in total. The summed E-state index contributed by atoms with van der Waals surface area (Å²) in [5.41, 5.74) is 0.785. The second kappa shape index (κ2) is 5.31. The maximum Gasteiger partial charge on any atom is 0.161 e. The van der Waals surface area contributed by atoms with E-state index in [0.29, 0.717) is 17.1 Å². The van der Waals surface area contributed by atoms with Crippen molar-refractivity contribution in [2.24, 2.45) is 0 Å². The summed E-state index contributed by atoms with van der Waals surface area (Å²) in [6.45, 7) is 3.10. The lowest BCUT2D eigenvalue weighted by molar-refractivity contribution is 0.510. The summed E-state index contributed by atoms with van der Waals surface area (Å²) >= 11 is 0. The predicted octanol–water partition coefficient (Wildman–Crippen LogP) is 3.68. The van der Waals surface area contributed by atoms with Crippen molar-refractivity contribution in [3.8, 4) is 0 Å². The molecule has 1 saturated heterocycles. The fraction of sp³-hybridized carbons (Fsp3) is 0.467. The second-order valence-corrected chi connectivity index (χ2v) is 5.37. The van der Waals surface area contributed by atoms with E-state index in [1.165, 1.54) is 12.8 Å². The van der Waals surface area contributed by atoms with E-state index in [2.05, 4.69) is 21.8 Å². The molecule has 3 rings (SSSR count). The van der Waals surface area contributed by atoms with Gasteiger partial charge < -0.3 is 4.90 Å². The molecule has 0 bridgehead atoms. The highest BCUT2D eigenvalue weighted by molar-refractivity contribution is 5.75. The van der Waals surface area contributed by atoms with Crippen LogP contribution in [0.1, 0.15) is 32.6 Å². The van der Waals surface area contributed by atoms with Crippen molar-refractivity contribution in [3.05, 3.63) is 30.0 Å². The number of halogens is 2. The minimum absolute atomic E-state index is 0.384. The molecule has 106 valence electrons. The van der Waals surface area contributed by atoms with E-state index in [9.17, 15) is 8.78 Å². The Bertz CT molecular complexity index is 630. The van der Waals surface area contributed by atoms with Crippen molar-refractivity contribution in [1.82, 2.24) is 9.97 Å². The van der Waals surface area contributed by atoms with Crippen LogP contribution in [0.5, 0.6) is 0 Å². The van der Waals surface area contributed by atoms with Gasteiger partial charge in [-0.15, -0.1) is 0 Å². The Labute approximate surface area is 116 Å². The van der Waals surface area contributed by atoms with Gasteiger partial charge in [0.05, 0.1) is 17.2 Å². The van der Waals surface area contributed by atoms with Crippen molar-refractivity contribution in [1.29, 1.82) is 0 Å². The van der Waals surface area contributed by atoms with Gasteiger partial charge >= 0.3 is 0 Å². The summed E-state index contributed by atoms with van der Waals surface area (Å²) in [6.07, 6.45) is 6.35. The topological polar surface area (TPSA) is 29.0 Å². The number of fused-ring (bicyclic) bond motifs is 1. The van der Waals surface area contributed by atoms with Crippen molar-refractivity contribution in [3.63, 3.8) is 0 Å². The molecule has 1 aromatic heterocycles. The normalized spacial score (nSPS) is 20.1. The molecule has 0 radical (unpaired) electrons. The van der Waals surface area contributed by atoms with Gasteiger partial charge in [0.1, 0.15) is 5.82 Å². The lowest BCUT2D eigenvalue weighted by Crippen LogP contribution is -2.33. The summed E-state index contributed by atoms with van der Waals surface area (Å²) in [4.78, 5) is 10.9. The first-order valence-corrected chi connectivity index (χ1v) is 7.03. The third kappa shape index (κ3) is 2.44. The molecule has 0 aliphatic carbocycles. The van der Waals surface area contributed by atoms with E-state index in [-0.39, 0.29) is 0 Å². The minimum Gasteiger partial charge on any atom is -0.353 e. The molecule has 2 aromatic rings. The Balaban J connectivity index is 2.01. The van der Waals surface area contributed by atoms with Gasteiger partial charge in [-0.3, -0.25) is 4.98 Å². The van der Waals surface area contributed by atoms with Gasteiger partial charge in [-0.2, -0.15) is 0 Å². The van der Waals surface area contributed by atoms with Gasteiger partial charge in [0.25, 0.3) is 0 Å². The fourth-order valence-corrected chi connectivity index (χ4v) is 2.75. The Morgan fingerprint density at radius 3 is 2.65 bits per heavy atom. The quantitative estimate of drug-likeness (QED) is 0.796. The van der Waals surface area contributed by atoms with Crippen LogP contribution in [0.15, 0.2) is 18.3 Å². The third-order valence-electron chi connectivity index (χ3n) is 3.92. The molecule has 2 heterocycles. The zero-order valence-electron chi connectivity index (χ0n) is 11.4. The van der Waals surface area contributed by atoms with Crippen LogP contribution in [0.3, 0.4) is 0 Å². The smallest absolute Gasteiger partial charge is 0.161 e. The number of hydrogen-bond acceptors (Lipinski definition) is 3. The maximum atomic E-state index is 13.3. The molecule has 1 fully saturated rings. The summed E-state index contributed by atoms with van der Waals surface area (Å²) in [5, 5.41) is 0. The highest BCUT2D eigenvalue weighted by atomic mass is 19.2. The van der Waals surface area contributed by atoms with E-state index in [4.69, 9.17) is 0 Å². The average Bonchev–Trinajstić information content (AvgIpc) is 2.64. The van der Waals surface area contributed by atoms with Crippen molar-refractivity contribution >= 4 is 16.9 Å². The van der Waals surface area contributed by atoms with Crippen LogP contribution in [-0.4, -0.2) is 22.6 Å². The molecule has 1 atom stereocenters. The van der Waals surface area contributed by atoms with Crippen LogP contribution in [-0.2, 0) is 0 Å². The van der Waals surface area contributed by atoms with Gasteiger partial charge in [-0.25, -0.2) is 13.8 Å². The second-order valence-electron chi connectivity index (χ2n) is 5.37. The average molecular weight is 277 g/mol. The molecule has 0 amide bonds. The van der Waals surface area contributed by atoms with Crippen molar-refractivity contribution in [2.45, 2.75) is 38.6 Å². The molecule has 1 aliphatic heterocycles. The SMILES string of the molecule is CC1CCCCCN1c1cnc2cc(F)c(F)cc2n1. The zero-order valence-corrected chi connectivity index (χ0v) is 11.4. The Hall–Kier alpha value is -1.78. The minimum atomic E-state index is -0.886. The van der Waals surface area contributed by atoms with Crippen LogP contribution in [0.25, 0.3) is 11.0 Å². The van der Waals surface area contributed by atoms with E-state index in [0.717, 1.165) is 37.3 Å². The Kier molecular flexibility index (Phi) is 3.51. The fourth-order valence-electron chi connectivity index (χ4n) is 2.75. The largest absolute Gasteiger partial charge is 0.353 e. The van der Waals surface area contributed by atoms with Crippen LogP contribution < -0.4 is 4.90 Å². The van der Waals surface area contributed by atoms with E-state index >= 15 is 0 Å². The first kappa shape index (κ1) is 13.2. The summed E-state index contributed by atoms with van der Waals surface area (Å²) in [5.74, 6) is -1.02. The lowest BCUT2D eigenvalue weighted by Gasteiger charge is -2.28. The molecule has 0 saturated carbocycles. The Morgan fingerprint density at radius 1 is 1.10 bits per heavy atom. The highest BCUT2D eigenvalue weighted by Gasteiger charge is 2.19. The van der Waals surface area contributed by atoms with Gasteiger partial charge in [-0.05, 0) is 19.8 Å². The first-order chi connectivity index (χ1) is 9.65. The lowest BCUT2D eigenvalue weighted by atomic mass is 10.1. The summed E-state index contributed by atoms with van der Waals surface area (Å²) in [7, 11) is 0. The third-order valence-corrected chi connectivity index (χ3v) is 3.92. The Morgan fingerprint density at radius 2 is 1.85 bits per heavy atom. The molecule has 1 aliphatic rings. The van der Waals surface area contributed by atoms with Crippen LogP contribution in [0, 0.1) is 11.6 Å². The zero-order chi connectivity index (χ0) is 14.1. The van der Waals surface area contributed by atoms with E-state index in [1.807, 2.05) is 0 Å². The molecule has 1 aromatic carbocycles. The van der Waals surface area contributed by atoms with Crippen LogP contribution >= 0.6 is 0 Å². The molecular weight excluding hydrogens is 260 g/mol. The maximum absolute atomic E-state index is 13.3. The monoisotopic (exact) mass is 277 g/mol. The van der Waals surface area contributed by atoms with Gasteiger partial charge in [-0.1, -0.05) is 12.8 Å². The molecule has 0 N–H and O–H groups in total. The number of benzene rings is 1. The standard InChI is InChI=1S/C15H17F2N3/c1-10-5-3-2-4-6-20(10)15-9-18-13-7-11(16)12(17)8-14(13)19-15/h7-10H,2-6H2,1H3. The molecule has 20 heavy (non-hydrogen) atoms. The first-order valence-electron chi connectivity index (χ1n) is 7.03. The van der Waals surface area contributed by atoms with E-state index in [1.54, 1.807) is 6.20 Å². The molecule has 1 unspecified atom stereocenters. The predicted molar refractivity (Wildman–Crippen MR) is 74.7 cm³/mol. The summed E-state index contributed by atoms with van der Waals surface area (Å²) in [6, 6.07) is 2.60. The summed E-state index contributed by atoms with van der Waals surface area (Å²) < 4.78 is 26.5. The number of nitrogens with zero attached hydrogens (tertiary/aromatic N) is 3. The number of rotatable bonds is 1. The number of hydrogen-bond donors (Lipinski definition) is 0. The molecule has 5 heteroatoms. The highest BCUT2D eigenvalue weighted by Crippen LogP contribution is 2.24. The van der Waals surface area contributed by atoms with Gasteiger partial charge in [0, 0.05) is 24.7 Å². The molecule has 0 spiro atoms. The number of aromatic nitrogens is 2.